The lowest BCUT2D eigenvalue weighted by molar-refractivity contribution is -0.122. The second-order valence-corrected chi connectivity index (χ2v) is 6.66. The van der Waals surface area contributed by atoms with Crippen LogP contribution in [0.1, 0.15) is 43.6 Å². The van der Waals surface area contributed by atoms with Gasteiger partial charge in [-0.05, 0) is 46.6 Å². The van der Waals surface area contributed by atoms with E-state index in [2.05, 4.69) is 25.5 Å². The molecule has 1 aliphatic rings. The average Bonchev–Trinajstić information content (AvgIpc) is 3.24. The van der Waals surface area contributed by atoms with E-state index in [0.29, 0.717) is 11.6 Å². The van der Waals surface area contributed by atoms with Gasteiger partial charge in [-0.15, -0.1) is 0 Å². The SMILES string of the molecule is CC[C@H](C(=O)Nc1cc(C)on1)N1CCC[C@@H]1Cn1nc(C)nc1C. The molecule has 3 rings (SSSR count). The van der Waals surface area contributed by atoms with Crippen LogP contribution in [0.4, 0.5) is 5.82 Å². The summed E-state index contributed by atoms with van der Waals surface area (Å²) in [5, 5.41) is 11.2. The Morgan fingerprint density at radius 2 is 2.24 bits per heavy atom. The number of likely N-dealkylation sites (tertiary alicyclic amines) is 1. The van der Waals surface area contributed by atoms with E-state index in [1.807, 2.05) is 25.5 Å². The molecule has 0 saturated carbocycles. The summed E-state index contributed by atoms with van der Waals surface area (Å²) in [6.07, 6.45) is 2.89. The highest BCUT2D eigenvalue weighted by atomic mass is 16.5. The van der Waals surface area contributed by atoms with Crippen LogP contribution in [-0.4, -0.2) is 49.4 Å². The van der Waals surface area contributed by atoms with E-state index in [9.17, 15) is 4.79 Å². The molecule has 1 fully saturated rings. The molecule has 1 N–H and O–H groups in total. The number of aromatic nitrogens is 4. The van der Waals surface area contributed by atoms with Crippen molar-refractivity contribution < 1.29 is 9.32 Å². The molecule has 0 unspecified atom stereocenters. The molecule has 0 aromatic carbocycles. The van der Waals surface area contributed by atoms with Gasteiger partial charge < -0.3 is 9.84 Å². The minimum absolute atomic E-state index is 0.0332. The molecular weight excluding hydrogens is 320 g/mol. The van der Waals surface area contributed by atoms with Crippen LogP contribution in [0.2, 0.25) is 0 Å². The normalized spacial score (nSPS) is 19.3. The van der Waals surface area contributed by atoms with Crippen molar-refractivity contribution in [2.75, 3.05) is 11.9 Å². The first-order chi connectivity index (χ1) is 12.0. The van der Waals surface area contributed by atoms with Gasteiger partial charge in [0.2, 0.25) is 5.91 Å². The van der Waals surface area contributed by atoms with Crippen LogP contribution < -0.4 is 5.32 Å². The number of anilines is 1. The molecule has 8 nitrogen and oxygen atoms in total. The maximum atomic E-state index is 12.7. The number of carbonyl (C=O) groups excluding carboxylic acids is 1. The molecule has 1 amide bonds. The van der Waals surface area contributed by atoms with Crippen LogP contribution in [0.3, 0.4) is 0 Å². The van der Waals surface area contributed by atoms with Gasteiger partial charge >= 0.3 is 0 Å². The van der Waals surface area contributed by atoms with Crippen molar-refractivity contribution >= 4 is 11.7 Å². The van der Waals surface area contributed by atoms with Gasteiger partial charge in [0.1, 0.15) is 17.4 Å². The van der Waals surface area contributed by atoms with Crippen molar-refractivity contribution in [1.29, 1.82) is 0 Å². The first-order valence-electron chi connectivity index (χ1n) is 8.86. The molecule has 136 valence electrons. The molecule has 8 heteroatoms. The Balaban J connectivity index is 1.70. The molecule has 25 heavy (non-hydrogen) atoms. The van der Waals surface area contributed by atoms with Crippen LogP contribution in [0.25, 0.3) is 0 Å². The van der Waals surface area contributed by atoms with Crippen LogP contribution in [0.5, 0.6) is 0 Å². The molecule has 1 saturated heterocycles. The predicted molar refractivity (Wildman–Crippen MR) is 93.2 cm³/mol. The molecule has 0 spiro atoms. The van der Waals surface area contributed by atoms with Crippen molar-refractivity contribution in [3.63, 3.8) is 0 Å². The quantitative estimate of drug-likeness (QED) is 0.861. The zero-order chi connectivity index (χ0) is 18.0. The van der Waals surface area contributed by atoms with E-state index < -0.39 is 0 Å². The van der Waals surface area contributed by atoms with E-state index in [4.69, 9.17) is 4.52 Å². The summed E-state index contributed by atoms with van der Waals surface area (Å²) in [4.78, 5) is 19.4. The number of nitrogens with one attached hydrogen (secondary N) is 1. The summed E-state index contributed by atoms with van der Waals surface area (Å²) in [7, 11) is 0. The first-order valence-corrected chi connectivity index (χ1v) is 8.86. The highest BCUT2D eigenvalue weighted by Crippen LogP contribution is 2.24. The van der Waals surface area contributed by atoms with Crippen molar-refractivity contribution in [3.05, 3.63) is 23.5 Å². The van der Waals surface area contributed by atoms with E-state index in [-0.39, 0.29) is 18.0 Å². The highest BCUT2D eigenvalue weighted by Gasteiger charge is 2.34. The second-order valence-electron chi connectivity index (χ2n) is 6.66. The fourth-order valence-electron chi connectivity index (χ4n) is 3.60. The largest absolute Gasteiger partial charge is 0.360 e. The standard InChI is InChI=1S/C17H26N6O2/c1-5-15(17(24)19-16-9-11(2)25-21-16)22-8-6-7-14(22)10-23-13(4)18-12(3)20-23/h9,14-15H,5-8,10H2,1-4H3,(H,19,21,24)/t14-,15-/m1/s1. The molecule has 2 aromatic heterocycles. The van der Waals surface area contributed by atoms with Gasteiger partial charge in [0.25, 0.3) is 0 Å². The van der Waals surface area contributed by atoms with E-state index in [1.54, 1.807) is 13.0 Å². The minimum Gasteiger partial charge on any atom is -0.360 e. The first kappa shape index (κ1) is 17.6. The van der Waals surface area contributed by atoms with Gasteiger partial charge in [0.05, 0.1) is 12.6 Å². The summed E-state index contributed by atoms with van der Waals surface area (Å²) in [6.45, 7) is 9.40. The lowest BCUT2D eigenvalue weighted by Crippen LogP contribution is -2.47. The number of hydrogen-bond donors (Lipinski definition) is 1. The third kappa shape index (κ3) is 3.89. The van der Waals surface area contributed by atoms with Crippen LogP contribution in [-0.2, 0) is 11.3 Å². The molecule has 0 radical (unpaired) electrons. The van der Waals surface area contributed by atoms with Crippen molar-refractivity contribution in [2.24, 2.45) is 0 Å². The van der Waals surface area contributed by atoms with E-state index in [1.165, 1.54) is 0 Å². The Labute approximate surface area is 147 Å². The van der Waals surface area contributed by atoms with Gasteiger partial charge in [-0.1, -0.05) is 12.1 Å². The van der Waals surface area contributed by atoms with Crippen LogP contribution >= 0.6 is 0 Å². The van der Waals surface area contributed by atoms with Gasteiger partial charge in [0, 0.05) is 12.1 Å². The number of amides is 1. The topological polar surface area (TPSA) is 89.1 Å². The number of nitrogens with zero attached hydrogens (tertiary/aromatic N) is 5. The summed E-state index contributed by atoms with van der Waals surface area (Å²) in [6, 6.07) is 1.83. The van der Waals surface area contributed by atoms with Crippen LogP contribution in [0.15, 0.2) is 10.6 Å². The van der Waals surface area contributed by atoms with Crippen molar-refractivity contribution in [2.45, 2.75) is 65.6 Å². The molecule has 2 aromatic rings. The van der Waals surface area contributed by atoms with E-state index in [0.717, 1.165) is 44.0 Å². The third-order valence-electron chi connectivity index (χ3n) is 4.74. The zero-order valence-electron chi connectivity index (χ0n) is 15.3. The van der Waals surface area contributed by atoms with Crippen molar-refractivity contribution in [1.82, 2.24) is 24.8 Å². The van der Waals surface area contributed by atoms with Gasteiger partial charge in [-0.3, -0.25) is 9.69 Å². The van der Waals surface area contributed by atoms with E-state index >= 15 is 0 Å². The van der Waals surface area contributed by atoms with Crippen molar-refractivity contribution in [3.8, 4) is 0 Å². The third-order valence-corrected chi connectivity index (χ3v) is 4.74. The number of rotatable bonds is 6. The zero-order valence-corrected chi connectivity index (χ0v) is 15.3. The second kappa shape index (κ2) is 7.35. The lowest BCUT2D eigenvalue weighted by atomic mass is 10.1. The average molecular weight is 346 g/mol. The predicted octanol–water partition coefficient (Wildman–Crippen LogP) is 2.07. The molecular formula is C17H26N6O2. The lowest BCUT2D eigenvalue weighted by Gasteiger charge is -2.31. The Kier molecular flexibility index (Phi) is 5.17. The maximum absolute atomic E-state index is 12.7. The summed E-state index contributed by atoms with van der Waals surface area (Å²) in [5.74, 6) is 2.82. The summed E-state index contributed by atoms with van der Waals surface area (Å²) >= 11 is 0. The Hall–Kier alpha value is -2.22. The summed E-state index contributed by atoms with van der Waals surface area (Å²) < 4.78 is 6.97. The van der Waals surface area contributed by atoms with Gasteiger partial charge in [0.15, 0.2) is 5.82 Å². The fraction of sp³-hybridized carbons (Fsp3) is 0.647. The monoisotopic (exact) mass is 346 g/mol. The highest BCUT2D eigenvalue weighted by molar-refractivity contribution is 5.94. The number of aryl methyl sites for hydroxylation is 3. The fourth-order valence-corrected chi connectivity index (χ4v) is 3.60. The smallest absolute Gasteiger partial charge is 0.242 e. The summed E-state index contributed by atoms with van der Waals surface area (Å²) in [5.41, 5.74) is 0. The van der Waals surface area contributed by atoms with Gasteiger partial charge in [-0.2, -0.15) is 5.10 Å². The minimum atomic E-state index is -0.186. The van der Waals surface area contributed by atoms with Gasteiger partial charge in [-0.25, -0.2) is 9.67 Å². The Morgan fingerprint density at radius 3 is 2.84 bits per heavy atom. The number of hydrogen-bond acceptors (Lipinski definition) is 6. The molecule has 0 bridgehead atoms. The molecule has 0 aliphatic carbocycles. The number of carbonyl (C=O) groups is 1. The maximum Gasteiger partial charge on any atom is 0.242 e. The molecule has 2 atom stereocenters. The van der Waals surface area contributed by atoms with Crippen LogP contribution in [0, 0.1) is 20.8 Å². The molecule has 1 aliphatic heterocycles. The molecule has 3 heterocycles. The Morgan fingerprint density at radius 1 is 1.44 bits per heavy atom. The Bertz CT molecular complexity index is 737.